The van der Waals surface area contributed by atoms with Gasteiger partial charge in [0.15, 0.2) is 0 Å². The number of carbonyl (C=O) groups is 2. The molecule has 2 aliphatic heterocycles. The van der Waals surface area contributed by atoms with Gasteiger partial charge in [-0.3, -0.25) is 9.59 Å². The Labute approximate surface area is 176 Å². The predicted octanol–water partition coefficient (Wildman–Crippen LogP) is 0.334. The van der Waals surface area contributed by atoms with Gasteiger partial charge in [0.1, 0.15) is 18.0 Å². The second kappa shape index (κ2) is 10.2. The summed E-state index contributed by atoms with van der Waals surface area (Å²) in [4.78, 5) is 26.1. The number of rotatable bonds is 9. The Morgan fingerprint density at radius 2 is 2.10 bits per heavy atom. The first-order valence-electron chi connectivity index (χ1n) is 10.2. The van der Waals surface area contributed by atoms with Gasteiger partial charge in [0.05, 0.1) is 32.3 Å². The Morgan fingerprint density at radius 3 is 2.80 bits per heavy atom. The molecular formula is C21H31N3O6. The first kappa shape index (κ1) is 22.5. The van der Waals surface area contributed by atoms with Crippen LogP contribution in [0.5, 0.6) is 5.75 Å². The minimum Gasteiger partial charge on any atom is -0.487 e. The fourth-order valence-corrected chi connectivity index (χ4v) is 4.03. The summed E-state index contributed by atoms with van der Waals surface area (Å²) in [7, 11) is 5.25. The molecule has 0 bridgehead atoms. The lowest BCUT2D eigenvalue weighted by molar-refractivity contribution is -0.142. The summed E-state index contributed by atoms with van der Waals surface area (Å²) in [5, 5.41) is 15.5. The molecule has 0 saturated carbocycles. The third-order valence-electron chi connectivity index (χ3n) is 5.28. The molecule has 4 atom stereocenters. The molecule has 9 nitrogen and oxygen atoms in total. The SMILES string of the molecule is COCCNC(=O)C[C@@H]1C[C@@H]2c3cc(NC(=O)CN(C)C)ccc3O[C@@H]2[C@@H](CO)O1. The maximum atomic E-state index is 12.2. The zero-order valence-electron chi connectivity index (χ0n) is 17.7. The van der Waals surface area contributed by atoms with E-state index in [-0.39, 0.29) is 43.0 Å². The van der Waals surface area contributed by atoms with Crippen LogP contribution in [0.1, 0.15) is 24.3 Å². The van der Waals surface area contributed by atoms with Gasteiger partial charge in [-0.1, -0.05) is 0 Å². The van der Waals surface area contributed by atoms with Crippen molar-refractivity contribution in [2.75, 3.05) is 52.8 Å². The van der Waals surface area contributed by atoms with E-state index in [0.717, 1.165) is 11.3 Å². The van der Waals surface area contributed by atoms with Crippen molar-refractivity contribution in [2.45, 2.75) is 37.1 Å². The lowest BCUT2D eigenvalue weighted by Crippen LogP contribution is -2.47. The summed E-state index contributed by atoms with van der Waals surface area (Å²) in [5.41, 5.74) is 1.67. The highest BCUT2D eigenvalue weighted by Crippen LogP contribution is 2.47. The van der Waals surface area contributed by atoms with Crippen molar-refractivity contribution in [1.82, 2.24) is 10.2 Å². The summed E-state index contributed by atoms with van der Waals surface area (Å²) in [6, 6.07) is 5.56. The fraction of sp³-hybridized carbons (Fsp3) is 0.619. The van der Waals surface area contributed by atoms with E-state index in [1.807, 2.05) is 26.2 Å². The van der Waals surface area contributed by atoms with Crippen LogP contribution in [0.15, 0.2) is 18.2 Å². The summed E-state index contributed by atoms with van der Waals surface area (Å²) in [6.07, 6.45) is -0.350. The van der Waals surface area contributed by atoms with Crippen molar-refractivity contribution >= 4 is 17.5 Å². The van der Waals surface area contributed by atoms with Crippen LogP contribution in [-0.2, 0) is 19.1 Å². The number of nitrogens with one attached hydrogen (secondary N) is 2. The minimum absolute atomic E-state index is 0.0200. The molecule has 2 amide bonds. The molecule has 0 aliphatic carbocycles. The summed E-state index contributed by atoms with van der Waals surface area (Å²) < 4.78 is 16.9. The van der Waals surface area contributed by atoms with Gasteiger partial charge in [0, 0.05) is 30.8 Å². The number of fused-ring (bicyclic) bond motifs is 3. The highest BCUT2D eigenvalue weighted by atomic mass is 16.6. The van der Waals surface area contributed by atoms with Crippen LogP contribution < -0.4 is 15.4 Å². The third kappa shape index (κ3) is 5.48. The van der Waals surface area contributed by atoms with E-state index in [2.05, 4.69) is 10.6 Å². The quantitative estimate of drug-likeness (QED) is 0.493. The van der Waals surface area contributed by atoms with Crippen molar-refractivity contribution in [2.24, 2.45) is 0 Å². The predicted molar refractivity (Wildman–Crippen MR) is 111 cm³/mol. The van der Waals surface area contributed by atoms with E-state index >= 15 is 0 Å². The number of carbonyl (C=O) groups excluding carboxylic acids is 2. The Hall–Kier alpha value is -2.20. The molecule has 0 aromatic heterocycles. The second-order valence-corrected chi connectivity index (χ2v) is 7.99. The number of likely N-dealkylation sites (N-methyl/N-ethyl adjacent to an activating group) is 1. The van der Waals surface area contributed by atoms with E-state index in [9.17, 15) is 14.7 Å². The minimum atomic E-state index is -0.514. The molecule has 3 N–H and O–H groups in total. The molecule has 1 aromatic carbocycles. The van der Waals surface area contributed by atoms with Crippen molar-refractivity contribution < 1.29 is 28.9 Å². The van der Waals surface area contributed by atoms with Gasteiger partial charge in [-0.15, -0.1) is 0 Å². The monoisotopic (exact) mass is 421 g/mol. The number of aliphatic hydroxyl groups excluding tert-OH is 1. The van der Waals surface area contributed by atoms with Crippen LogP contribution in [0.4, 0.5) is 5.69 Å². The molecule has 0 radical (unpaired) electrons. The Kier molecular flexibility index (Phi) is 7.65. The van der Waals surface area contributed by atoms with E-state index in [0.29, 0.717) is 31.8 Å². The number of nitrogens with zero attached hydrogens (tertiary/aromatic N) is 1. The zero-order valence-corrected chi connectivity index (χ0v) is 17.7. The van der Waals surface area contributed by atoms with Crippen LogP contribution in [0, 0.1) is 0 Å². The van der Waals surface area contributed by atoms with E-state index in [1.54, 1.807) is 18.1 Å². The molecule has 2 heterocycles. The largest absolute Gasteiger partial charge is 0.487 e. The lowest BCUT2D eigenvalue weighted by atomic mass is 9.84. The van der Waals surface area contributed by atoms with Gasteiger partial charge in [-0.25, -0.2) is 0 Å². The smallest absolute Gasteiger partial charge is 0.238 e. The Balaban J connectivity index is 1.70. The van der Waals surface area contributed by atoms with Gasteiger partial charge in [-0.05, 0) is 38.7 Å². The van der Waals surface area contributed by atoms with Gasteiger partial charge in [0.25, 0.3) is 0 Å². The van der Waals surface area contributed by atoms with Crippen LogP contribution in [0.2, 0.25) is 0 Å². The van der Waals surface area contributed by atoms with Crippen LogP contribution in [0.3, 0.4) is 0 Å². The van der Waals surface area contributed by atoms with Gasteiger partial charge >= 0.3 is 0 Å². The average molecular weight is 421 g/mol. The summed E-state index contributed by atoms with van der Waals surface area (Å²) in [6.45, 7) is 0.994. The van der Waals surface area contributed by atoms with Crippen LogP contribution in [0.25, 0.3) is 0 Å². The number of benzene rings is 1. The van der Waals surface area contributed by atoms with Gasteiger partial charge < -0.3 is 34.9 Å². The number of ether oxygens (including phenoxy) is 3. The molecule has 9 heteroatoms. The number of hydrogen-bond donors (Lipinski definition) is 3. The number of anilines is 1. The molecule has 1 saturated heterocycles. The van der Waals surface area contributed by atoms with Crippen molar-refractivity contribution in [3.05, 3.63) is 23.8 Å². The van der Waals surface area contributed by atoms with E-state index in [1.165, 1.54) is 0 Å². The first-order chi connectivity index (χ1) is 14.4. The number of methoxy groups -OCH3 is 1. The maximum Gasteiger partial charge on any atom is 0.238 e. The molecule has 30 heavy (non-hydrogen) atoms. The van der Waals surface area contributed by atoms with Crippen LogP contribution in [-0.4, -0.2) is 87.6 Å². The van der Waals surface area contributed by atoms with Crippen molar-refractivity contribution in [3.63, 3.8) is 0 Å². The number of amides is 2. The summed E-state index contributed by atoms with van der Waals surface area (Å²) in [5.74, 6) is 0.494. The van der Waals surface area contributed by atoms with Crippen LogP contribution >= 0.6 is 0 Å². The third-order valence-corrected chi connectivity index (χ3v) is 5.28. The van der Waals surface area contributed by atoms with Gasteiger partial charge in [-0.2, -0.15) is 0 Å². The Morgan fingerprint density at radius 1 is 1.30 bits per heavy atom. The fourth-order valence-electron chi connectivity index (χ4n) is 4.03. The number of aliphatic hydroxyl groups is 1. The molecular weight excluding hydrogens is 390 g/mol. The molecule has 0 unspecified atom stereocenters. The zero-order chi connectivity index (χ0) is 21.7. The van der Waals surface area contributed by atoms with E-state index in [4.69, 9.17) is 14.2 Å². The molecule has 1 aromatic rings. The molecule has 3 rings (SSSR count). The standard InChI is InChI=1S/C21H31N3O6/c1-24(2)11-20(27)23-13-4-5-17-15(8-13)16-9-14(10-19(26)22-6-7-28-3)29-18(12-25)21(16)30-17/h4-5,8,14,16,18,21,25H,6-7,9-12H2,1-3H3,(H,22,26)(H,23,27)/t14-,16+,18+,21-/m0/s1. The first-order valence-corrected chi connectivity index (χ1v) is 10.2. The topological polar surface area (TPSA) is 109 Å². The van der Waals surface area contributed by atoms with Crippen molar-refractivity contribution in [1.29, 1.82) is 0 Å². The van der Waals surface area contributed by atoms with Crippen molar-refractivity contribution in [3.8, 4) is 5.75 Å². The second-order valence-electron chi connectivity index (χ2n) is 7.99. The molecule has 0 spiro atoms. The molecule has 1 fully saturated rings. The number of hydrogen-bond acceptors (Lipinski definition) is 7. The average Bonchev–Trinajstić information content (AvgIpc) is 3.05. The highest BCUT2D eigenvalue weighted by molar-refractivity contribution is 5.92. The van der Waals surface area contributed by atoms with Gasteiger partial charge in [0.2, 0.25) is 11.8 Å². The summed E-state index contributed by atoms with van der Waals surface area (Å²) >= 11 is 0. The highest BCUT2D eigenvalue weighted by Gasteiger charge is 2.46. The maximum absolute atomic E-state index is 12.2. The van der Waals surface area contributed by atoms with E-state index < -0.39 is 6.10 Å². The molecule has 166 valence electrons. The lowest BCUT2D eigenvalue weighted by Gasteiger charge is -2.37. The normalized spacial score (nSPS) is 24.7. The molecule has 2 aliphatic rings. The Bertz CT molecular complexity index is 756.